The lowest BCUT2D eigenvalue weighted by Gasteiger charge is -2.22. The van der Waals surface area contributed by atoms with Crippen LogP contribution in [-0.2, 0) is 9.59 Å². The van der Waals surface area contributed by atoms with Crippen LogP contribution in [0, 0.1) is 10.8 Å². The highest BCUT2D eigenvalue weighted by Gasteiger charge is 2.30. The first kappa shape index (κ1) is 13.1. The van der Waals surface area contributed by atoms with E-state index in [1.165, 1.54) is 0 Å². The summed E-state index contributed by atoms with van der Waals surface area (Å²) in [5, 5.41) is 8.85. The Labute approximate surface area is 85.5 Å². The van der Waals surface area contributed by atoms with Gasteiger partial charge in [0.1, 0.15) is 5.78 Å². The highest BCUT2D eigenvalue weighted by molar-refractivity contribution is 5.84. The van der Waals surface area contributed by atoms with Crippen LogP contribution in [0.5, 0.6) is 0 Å². The molecule has 0 unspecified atom stereocenters. The largest absolute Gasteiger partial charge is 0.481 e. The molecule has 3 nitrogen and oxygen atoms in total. The predicted octanol–water partition coefficient (Wildman–Crippen LogP) is 2.49. The summed E-state index contributed by atoms with van der Waals surface area (Å²) in [4.78, 5) is 22.3. The quantitative estimate of drug-likeness (QED) is 0.758. The Bertz CT molecular complexity index is 233. The summed E-state index contributed by atoms with van der Waals surface area (Å²) in [5.74, 6) is -0.731. The van der Waals surface area contributed by atoms with Crippen LogP contribution in [0.15, 0.2) is 0 Å². The first-order valence-corrected chi connectivity index (χ1v) is 4.84. The summed E-state index contributed by atoms with van der Waals surface area (Å²) < 4.78 is 0. The highest BCUT2D eigenvalue weighted by Crippen LogP contribution is 2.26. The Morgan fingerprint density at radius 3 is 1.79 bits per heavy atom. The molecular weight excluding hydrogens is 180 g/mol. The van der Waals surface area contributed by atoms with Crippen LogP contribution >= 0.6 is 0 Å². The van der Waals surface area contributed by atoms with Crippen LogP contribution in [0.3, 0.4) is 0 Å². The number of carbonyl (C=O) groups is 2. The molecule has 0 bridgehead atoms. The third-order valence-corrected chi connectivity index (χ3v) is 2.39. The van der Waals surface area contributed by atoms with Gasteiger partial charge < -0.3 is 5.11 Å². The zero-order valence-corrected chi connectivity index (χ0v) is 9.68. The predicted molar refractivity (Wildman–Crippen MR) is 55.1 cm³/mol. The molecule has 0 saturated heterocycles. The number of hydrogen-bond acceptors (Lipinski definition) is 2. The van der Waals surface area contributed by atoms with Crippen molar-refractivity contribution in [3.8, 4) is 0 Å². The molecule has 82 valence electrons. The molecule has 0 radical (unpaired) electrons. The Hall–Kier alpha value is -0.860. The minimum atomic E-state index is -0.848. The van der Waals surface area contributed by atoms with Crippen molar-refractivity contribution in [3.63, 3.8) is 0 Å². The summed E-state index contributed by atoms with van der Waals surface area (Å²) in [7, 11) is 0. The Morgan fingerprint density at radius 2 is 1.50 bits per heavy atom. The molecular formula is C11H20O3. The molecule has 0 saturated carbocycles. The molecule has 0 aliphatic carbocycles. The van der Waals surface area contributed by atoms with Gasteiger partial charge in [0.2, 0.25) is 0 Å². The monoisotopic (exact) mass is 200 g/mol. The number of carboxylic acid groups (broad SMARTS) is 1. The zero-order valence-electron chi connectivity index (χ0n) is 9.68. The van der Waals surface area contributed by atoms with Crippen LogP contribution in [0.2, 0.25) is 0 Å². The van der Waals surface area contributed by atoms with Crippen molar-refractivity contribution < 1.29 is 14.7 Å². The third-order valence-electron chi connectivity index (χ3n) is 2.39. The second kappa shape index (κ2) is 4.11. The lowest BCUT2D eigenvalue weighted by molar-refractivity contribution is -0.147. The fourth-order valence-corrected chi connectivity index (χ4v) is 0.908. The second-order valence-electron chi connectivity index (χ2n) is 5.36. The fraction of sp³-hybridized carbons (Fsp3) is 0.818. The van der Waals surface area contributed by atoms with E-state index < -0.39 is 11.4 Å². The molecule has 0 aromatic carbocycles. The van der Waals surface area contributed by atoms with Gasteiger partial charge in [0.25, 0.3) is 0 Å². The van der Waals surface area contributed by atoms with Gasteiger partial charge in [-0.15, -0.1) is 0 Å². The van der Waals surface area contributed by atoms with E-state index in [0.29, 0.717) is 12.8 Å². The van der Waals surface area contributed by atoms with E-state index in [-0.39, 0.29) is 11.2 Å². The van der Waals surface area contributed by atoms with Crippen LogP contribution in [0.25, 0.3) is 0 Å². The SMILES string of the molecule is CC(C)(C)C(=O)CCC(C)(C)C(=O)O. The number of Topliss-reactive ketones (excluding diaryl/α,β-unsaturated/α-hetero) is 1. The Balaban J connectivity index is 4.21. The molecule has 0 heterocycles. The van der Waals surface area contributed by atoms with E-state index in [0.717, 1.165) is 0 Å². The number of rotatable bonds is 4. The normalized spacial score (nSPS) is 12.6. The molecule has 0 aromatic heterocycles. The number of carboxylic acids is 1. The molecule has 0 atom stereocenters. The molecule has 0 spiro atoms. The maximum Gasteiger partial charge on any atom is 0.309 e. The van der Waals surface area contributed by atoms with Gasteiger partial charge in [0.05, 0.1) is 5.41 Å². The van der Waals surface area contributed by atoms with Gasteiger partial charge in [-0.2, -0.15) is 0 Å². The lowest BCUT2D eigenvalue weighted by atomic mass is 9.82. The zero-order chi connectivity index (χ0) is 11.6. The van der Waals surface area contributed by atoms with Gasteiger partial charge in [-0.05, 0) is 20.3 Å². The van der Waals surface area contributed by atoms with Gasteiger partial charge in [-0.1, -0.05) is 20.8 Å². The Kier molecular flexibility index (Phi) is 3.86. The first-order valence-electron chi connectivity index (χ1n) is 4.84. The van der Waals surface area contributed by atoms with Gasteiger partial charge in [-0.3, -0.25) is 9.59 Å². The van der Waals surface area contributed by atoms with Gasteiger partial charge >= 0.3 is 5.97 Å². The molecule has 0 rings (SSSR count). The molecule has 0 aliphatic rings. The summed E-state index contributed by atoms with van der Waals surface area (Å²) in [6.07, 6.45) is 0.737. The lowest BCUT2D eigenvalue weighted by Crippen LogP contribution is -2.27. The van der Waals surface area contributed by atoms with Crippen molar-refractivity contribution in [1.29, 1.82) is 0 Å². The van der Waals surface area contributed by atoms with Crippen molar-refractivity contribution in [3.05, 3.63) is 0 Å². The fourth-order valence-electron chi connectivity index (χ4n) is 0.908. The summed E-state index contributed by atoms with van der Waals surface area (Å²) >= 11 is 0. The first-order chi connectivity index (χ1) is 6.07. The average molecular weight is 200 g/mol. The number of ketones is 1. The third kappa shape index (κ3) is 3.90. The maximum absolute atomic E-state index is 11.5. The van der Waals surface area contributed by atoms with Crippen LogP contribution in [-0.4, -0.2) is 16.9 Å². The minimum Gasteiger partial charge on any atom is -0.481 e. The second-order valence-corrected chi connectivity index (χ2v) is 5.36. The van der Waals surface area contributed by atoms with Crippen molar-refractivity contribution >= 4 is 11.8 Å². The van der Waals surface area contributed by atoms with Crippen molar-refractivity contribution in [2.75, 3.05) is 0 Å². The molecule has 14 heavy (non-hydrogen) atoms. The maximum atomic E-state index is 11.5. The van der Waals surface area contributed by atoms with Gasteiger partial charge in [0, 0.05) is 11.8 Å². The standard InChI is InChI=1S/C11H20O3/c1-10(2,3)8(12)6-7-11(4,5)9(13)14/h6-7H2,1-5H3,(H,13,14). The smallest absolute Gasteiger partial charge is 0.309 e. The molecule has 1 N–H and O–H groups in total. The minimum absolute atomic E-state index is 0.117. The number of aliphatic carboxylic acids is 1. The van der Waals surface area contributed by atoms with Crippen molar-refractivity contribution in [2.45, 2.75) is 47.5 Å². The van der Waals surface area contributed by atoms with E-state index in [9.17, 15) is 9.59 Å². The molecule has 0 amide bonds. The summed E-state index contributed by atoms with van der Waals surface area (Å²) in [5.41, 5.74) is -1.17. The van der Waals surface area contributed by atoms with Crippen molar-refractivity contribution in [2.24, 2.45) is 10.8 Å². The Morgan fingerprint density at radius 1 is 1.07 bits per heavy atom. The van der Waals surface area contributed by atoms with E-state index in [1.54, 1.807) is 13.8 Å². The van der Waals surface area contributed by atoms with Crippen LogP contribution in [0.1, 0.15) is 47.5 Å². The summed E-state index contributed by atoms with van der Waals surface area (Å²) in [6, 6.07) is 0. The van der Waals surface area contributed by atoms with E-state index in [4.69, 9.17) is 5.11 Å². The molecule has 3 heteroatoms. The number of carbonyl (C=O) groups excluding carboxylic acids is 1. The molecule has 0 aliphatic heterocycles. The van der Waals surface area contributed by atoms with Crippen molar-refractivity contribution in [1.82, 2.24) is 0 Å². The molecule has 0 fully saturated rings. The topological polar surface area (TPSA) is 54.4 Å². The van der Waals surface area contributed by atoms with E-state index in [2.05, 4.69) is 0 Å². The van der Waals surface area contributed by atoms with Gasteiger partial charge in [0.15, 0.2) is 0 Å². The average Bonchev–Trinajstić information content (AvgIpc) is 1.98. The number of hydrogen-bond donors (Lipinski definition) is 1. The van der Waals surface area contributed by atoms with Crippen LogP contribution < -0.4 is 0 Å². The summed E-state index contributed by atoms with van der Waals surface area (Å²) in [6.45, 7) is 8.84. The molecule has 0 aromatic rings. The van der Waals surface area contributed by atoms with E-state index in [1.807, 2.05) is 20.8 Å². The van der Waals surface area contributed by atoms with Gasteiger partial charge in [-0.25, -0.2) is 0 Å². The highest BCUT2D eigenvalue weighted by atomic mass is 16.4. The van der Waals surface area contributed by atoms with E-state index >= 15 is 0 Å². The van der Waals surface area contributed by atoms with Crippen LogP contribution in [0.4, 0.5) is 0 Å².